The van der Waals surface area contributed by atoms with Crippen molar-refractivity contribution in [1.29, 1.82) is 0 Å². The van der Waals surface area contributed by atoms with Crippen molar-refractivity contribution in [3.63, 3.8) is 0 Å². The summed E-state index contributed by atoms with van der Waals surface area (Å²) < 4.78 is 0. The van der Waals surface area contributed by atoms with Crippen LogP contribution in [0.15, 0.2) is 71.9 Å². The largest absolute Gasteiger partial charge is 0.0799 e. The zero-order chi connectivity index (χ0) is 20.1. The molecule has 0 amide bonds. The first kappa shape index (κ1) is 19.5. The quantitative estimate of drug-likeness (QED) is 0.506. The summed E-state index contributed by atoms with van der Waals surface area (Å²) in [6.07, 6.45) is 15.2. The highest BCUT2D eigenvalue weighted by atomic mass is 14.5. The van der Waals surface area contributed by atoms with Crippen molar-refractivity contribution in [2.75, 3.05) is 0 Å². The highest BCUT2D eigenvalue weighted by Gasteiger charge is 2.45. The van der Waals surface area contributed by atoms with Gasteiger partial charge in [0.25, 0.3) is 0 Å². The van der Waals surface area contributed by atoms with Crippen LogP contribution in [0.3, 0.4) is 0 Å². The summed E-state index contributed by atoms with van der Waals surface area (Å²) >= 11 is 0. The summed E-state index contributed by atoms with van der Waals surface area (Å²) in [6, 6.07) is 11.1. The maximum Gasteiger partial charge on any atom is -0.00239 e. The first-order chi connectivity index (χ1) is 13.2. The molecule has 3 unspecified atom stereocenters. The van der Waals surface area contributed by atoms with Gasteiger partial charge in [0, 0.05) is 0 Å². The molecule has 1 aromatic carbocycles. The second-order valence-electron chi connectivity index (χ2n) is 10.7. The number of allylic oxidation sites excluding steroid dienone is 8. The lowest BCUT2D eigenvalue weighted by Gasteiger charge is -2.35. The molecule has 148 valence electrons. The Morgan fingerprint density at radius 2 is 1.57 bits per heavy atom. The standard InChI is InChI=1S/C28H36/c1-7-28(5,6)23-17-21-15-20-16-22(27(2,3)4)13-14-24(20)26(21)25(18-23)19-11-9-8-10-12-19/h8-14,16-18,20-21,24,26H,7,15H2,1-6H3/t20-,21?,24?,26?/m0/s1. The molecule has 1 saturated carbocycles. The Bertz CT molecular complexity index is 851. The normalized spacial score (nSPS) is 29.6. The van der Waals surface area contributed by atoms with E-state index in [1.54, 1.807) is 5.57 Å². The van der Waals surface area contributed by atoms with E-state index < -0.39 is 0 Å². The SMILES string of the molecule is CCC(C)(C)C1=CC2C[C@H]3C=C(C(C)(C)C)C=CC3C2C(c2ccccc2)=C1. The predicted octanol–water partition coefficient (Wildman–Crippen LogP) is 7.86. The van der Waals surface area contributed by atoms with Gasteiger partial charge in [0.15, 0.2) is 0 Å². The first-order valence-electron chi connectivity index (χ1n) is 11.1. The number of hydrogen-bond acceptors (Lipinski definition) is 0. The van der Waals surface area contributed by atoms with Crippen LogP contribution in [-0.2, 0) is 0 Å². The average molecular weight is 373 g/mol. The van der Waals surface area contributed by atoms with Crippen molar-refractivity contribution in [3.8, 4) is 0 Å². The fourth-order valence-electron chi connectivity index (χ4n) is 5.30. The van der Waals surface area contributed by atoms with Gasteiger partial charge in [-0.15, -0.1) is 0 Å². The van der Waals surface area contributed by atoms with Gasteiger partial charge < -0.3 is 0 Å². The average Bonchev–Trinajstić information content (AvgIpc) is 3.05. The third-order valence-electron chi connectivity index (χ3n) is 7.51. The van der Waals surface area contributed by atoms with Crippen LogP contribution in [0.4, 0.5) is 0 Å². The summed E-state index contributed by atoms with van der Waals surface area (Å²) in [5, 5.41) is 0. The molecule has 3 aliphatic rings. The highest BCUT2D eigenvalue weighted by molar-refractivity contribution is 5.73. The molecule has 0 aliphatic heterocycles. The molecule has 4 atom stereocenters. The molecule has 0 heteroatoms. The van der Waals surface area contributed by atoms with Gasteiger partial charge in [-0.3, -0.25) is 0 Å². The molecule has 1 fully saturated rings. The van der Waals surface area contributed by atoms with Crippen LogP contribution in [0.1, 0.15) is 59.9 Å². The van der Waals surface area contributed by atoms with Crippen LogP contribution >= 0.6 is 0 Å². The third kappa shape index (κ3) is 3.36. The molecule has 0 saturated heterocycles. The summed E-state index contributed by atoms with van der Waals surface area (Å²) in [6.45, 7) is 14.1. The van der Waals surface area contributed by atoms with Crippen LogP contribution in [0.2, 0.25) is 0 Å². The van der Waals surface area contributed by atoms with Gasteiger partial charge in [0.1, 0.15) is 0 Å². The summed E-state index contributed by atoms with van der Waals surface area (Å²) in [5.41, 5.74) is 6.50. The van der Waals surface area contributed by atoms with E-state index in [4.69, 9.17) is 0 Å². The van der Waals surface area contributed by atoms with Crippen molar-refractivity contribution in [2.24, 2.45) is 34.5 Å². The molecule has 0 heterocycles. The predicted molar refractivity (Wildman–Crippen MR) is 122 cm³/mol. The van der Waals surface area contributed by atoms with Crippen LogP contribution in [-0.4, -0.2) is 0 Å². The number of hydrogen-bond donors (Lipinski definition) is 0. The van der Waals surface area contributed by atoms with Gasteiger partial charge in [-0.25, -0.2) is 0 Å². The Hall–Kier alpha value is -1.82. The van der Waals surface area contributed by atoms with Gasteiger partial charge in [0.05, 0.1) is 0 Å². The molecule has 0 radical (unpaired) electrons. The second kappa shape index (κ2) is 6.90. The van der Waals surface area contributed by atoms with Crippen molar-refractivity contribution in [1.82, 2.24) is 0 Å². The first-order valence-corrected chi connectivity index (χ1v) is 11.1. The zero-order valence-corrected chi connectivity index (χ0v) is 18.5. The molecule has 28 heavy (non-hydrogen) atoms. The molecule has 0 bridgehead atoms. The summed E-state index contributed by atoms with van der Waals surface area (Å²) in [5.74, 6) is 2.56. The van der Waals surface area contributed by atoms with Gasteiger partial charge in [-0.05, 0) is 69.6 Å². The Labute approximate surface area is 172 Å². The van der Waals surface area contributed by atoms with Crippen molar-refractivity contribution >= 4 is 5.57 Å². The lowest BCUT2D eigenvalue weighted by atomic mass is 9.69. The number of rotatable bonds is 3. The van der Waals surface area contributed by atoms with Crippen LogP contribution in [0, 0.1) is 34.5 Å². The minimum atomic E-state index is 0.235. The third-order valence-corrected chi connectivity index (χ3v) is 7.51. The minimum Gasteiger partial charge on any atom is -0.0799 e. The van der Waals surface area contributed by atoms with Crippen LogP contribution in [0.5, 0.6) is 0 Å². The van der Waals surface area contributed by atoms with Crippen LogP contribution in [0.25, 0.3) is 5.57 Å². The maximum atomic E-state index is 2.64. The van der Waals surface area contributed by atoms with Crippen molar-refractivity contribution in [2.45, 2.75) is 54.4 Å². The molecular weight excluding hydrogens is 336 g/mol. The van der Waals surface area contributed by atoms with E-state index in [0.29, 0.717) is 23.7 Å². The molecule has 0 N–H and O–H groups in total. The summed E-state index contributed by atoms with van der Waals surface area (Å²) in [7, 11) is 0. The van der Waals surface area contributed by atoms with E-state index in [-0.39, 0.29) is 10.8 Å². The molecule has 1 aromatic rings. The van der Waals surface area contributed by atoms with Gasteiger partial charge in [-0.2, -0.15) is 0 Å². The number of fused-ring (bicyclic) bond motifs is 3. The van der Waals surface area contributed by atoms with E-state index in [2.05, 4.69) is 102 Å². The van der Waals surface area contributed by atoms with E-state index in [0.717, 1.165) is 0 Å². The van der Waals surface area contributed by atoms with E-state index in [1.165, 1.54) is 29.6 Å². The van der Waals surface area contributed by atoms with Gasteiger partial charge in [-0.1, -0.05) is 102 Å². The Balaban J connectivity index is 1.77. The lowest BCUT2D eigenvalue weighted by Crippen LogP contribution is -2.24. The summed E-state index contributed by atoms with van der Waals surface area (Å²) in [4.78, 5) is 0. The minimum absolute atomic E-state index is 0.235. The van der Waals surface area contributed by atoms with Gasteiger partial charge in [0.2, 0.25) is 0 Å². The lowest BCUT2D eigenvalue weighted by molar-refractivity contribution is 0.417. The highest BCUT2D eigenvalue weighted by Crippen LogP contribution is 2.56. The molecule has 3 aliphatic carbocycles. The van der Waals surface area contributed by atoms with E-state index in [9.17, 15) is 0 Å². The molecular formula is C28H36. The Morgan fingerprint density at radius 3 is 2.21 bits per heavy atom. The molecule has 4 rings (SSSR count). The van der Waals surface area contributed by atoms with Crippen molar-refractivity contribution < 1.29 is 0 Å². The maximum absolute atomic E-state index is 2.64. The Morgan fingerprint density at radius 1 is 0.893 bits per heavy atom. The fraction of sp³-hybridized carbons (Fsp3) is 0.500. The Kier molecular flexibility index (Phi) is 4.81. The topological polar surface area (TPSA) is 0 Å². The molecule has 0 aromatic heterocycles. The second-order valence-corrected chi connectivity index (χ2v) is 10.7. The molecule has 0 nitrogen and oxygen atoms in total. The number of benzene rings is 1. The molecule has 0 spiro atoms. The van der Waals surface area contributed by atoms with E-state index >= 15 is 0 Å². The van der Waals surface area contributed by atoms with Gasteiger partial charge >= 0.3 is 0 Å². The van der Waals surface area contributed by atoms with E-state index in [1.807, 2.05) is 0 Å². The monoisotopic (exact) mass is 372 g/mol. The van der Waals surface area contributed by atoms with Crippen LogP contribution < -0.4 is 0 Å². The van der Waals surface area contributed by atoms with Crippen molar-refractivity contribution in [3.05, 3.63) is 77.4 Å². The fourth-order valence-corrected chi connectivity index (χ4v) is 5.30. The smallest absolute Gasteiger partial charge is 0.00239 e. The zero-order valence-electron chi connectivity index (χ0n) is 18.5.